The normalized spacial score (nSPS) is 21.2. The minimum atomic E-state index is -0.874. The Hall–Kier alpha value is -2.02. The largest absolute Gasteiger partial charge is 0.384 e. The fraction of sp³-hybridized carbons (Fsp3) is 0.444. The van der Waals surface area contributed by atoms with Crippen molar-refractivity contribution in [3.05, 3.63) is 54.2 Å². The van der Waals surface area contributed by atoms with E-state index in [1.807, 2.05) is 49.4 Å². The molecule has 2 heterocycles. The Morgan fingerprint density at radius 2 is 2.12 bits per heavy atom. The Kier molecular flexibility index (Phi) is 5.40. The van der Waals surface area contributed by atoms with Crippen LogP contribution >= 0.6 is 0 Å². The Labute approximate surface area is 142 Å². The first-order valence-electron chi connectivity index (χ1n) is 8.27. The Morgan fingerprint density at radius 1 is 1.29 bits per heavy atom. The van der Waals surface area contributed by atoms with Crippen LogP contribution in [0.4, 0.5) is 5.82 Å². The van der Waals surface area contributed by atoms with Gasteiger partial charge in [0.05, 0.1) is 18.3 Å². The van der Waals surface area contributed by atoms with Crippen LogP contribution in [0.5, 0.6) is 0 Å². The molecule has 0 bridgehead atoms. The summed E-state index contributed by atoms with van der Waals surface area (Å²) in [4.78, 5) is 2.25. The van der Waals surface area contributed by atoms with E-state index in [0.29, 0.717) is 19.7 Å². The Morgan fingerprint density at radius 3 is 2.88 bits per heavy atom. The lowest BCUT2D eigenvalue weighted by Gasteiger charge is -2.37. The quantitative estimate of drug-likeness (QED) is 0.837. The summed E-state index contributed by atoms with van der Waals surface area (Å²) in [5.41, 5.74) is 0.0623. The standard InChI is InChI=1S/C18H24N4O2/c1-18(23,15-6-3-2-4-7-15)14-22-10-11-24-16(13-22)12-19-17-8-5-9-20-21-17/h2-9,16,23H,10-14H2,1H3,(H,19,21)/t16-,18-/m0/s1. The van der Waals surface area contributed by atoms with Gasteiger partial charge in [0.2, 0.25) is 0 Å². The monoisotopic (exact) mass is 328 g/mol. The summed E-state index contributed by atoms with van der Waals surface area (Å²) < 4.78 is 5.82. The third-order valence-corrected chi connectivity index (χ3v) is 4.23. The molecule has 6 heteroatoms. The second-order valence-electron chi connectivity index (χ2n) is 6.36. The van der Waals surface area contributed by atoms with Crippen molar-refractivity contribution in [2.45, 2.75) is 18.6 Å². The van der Waals surface area contributed by atoms with Gasteiger partial charge in [0.25, 0.3) is 0 Å². The molecule has 3 rings (SSSR count). The third kappa shape index (κ3) is 4.50. The van der Waals surface area contributed by atoms with Crippen LogP contribution in [0.2, 0.25) is 0 Å². The maximum atomic E-state index is 10.8. The molecule has 0 unspecified atom stereocenters. The highest BCUT2D eigenvalue weighted by Gasteiger charge is 2.29. The zero-order valence-corrected chi connectivity index (χ0v) is 13.9. The van der Waals surface area contributed by atoms with E-state index in [0.717, 1.165) is 24.5 Å². The van der Waals surface area contributed by atoms with Crippen LogP contribution in [-0.2, 0) is 10.3 Å². The third-order valence-electron chi connectivity index (χ3n) is 4.23. The molecular weight excluding hydrogens is 304 g/mol. The van der Waals surface area contributed by atoms with Crippen molar-refractivity contribution >= 4 is 5.82 Å². The van der Waals surface area contributed by atoms with Gasteiger partial charge >= 0.3 is 0 Å². The van der Waals surface area contributed by atoms with Gasteiger partial charge in [-0.1, -0.05) is 30.3 Å². The fourth-order valence-electron chi connectivity index (χ4n) is 2.99. The number of benzene rings is 1. The molecule has 0 radical (unpaired) electrons. The summed E-state index contributed by atoms with van der Waals surface area (Å²) >= 11 is 0. The molecule has 2 atom stereocenters. The number of hydrogen-bond acceptors (Lipinski definition) is 6. The van der Waals surface area contributed by atoms with Gasteiger partial charge in [-0.2, -0.15) is 5.10 Å². The van der Waals surface area contributed by atoms with E-state index in [2.05, 4.69) is 20.4 Å². The smallest absolute Gasteiger partial charge is 0.148 e. The van der Waals surface area contributed by atoms with E-state index < -0.39 is 5.60 Å². The van der Waals surface area contributed by atoms with Gasteiger partial charge in [0.15, 0.2) is 0 Å². The molecule has 0 saturated carbocycles. The maximum absolute atomic E-state index is 10.8. The van der Waals surface area contributed by atoms with E-state index >= 15 is 0 Å². The average molecular weight is 328 g/mol. The van der Waals surface area contributed by atoms with Crippen molar-refractivity contribution in [1.29, 1.82) is 0 Å². The maximum Gasteiger partial charge on any atom is 0.148 e. The number of nitrogens with one attached hydrogen (secondary N) is 1. The van der Waals surface area contributed by atoms with E-state index in [4.69, 9.17) is 4.74 Å². The summed E-state index contributed by atoms with van der Waals surface area (Å²) in [6.07, 6.45) is 1.71. The van der Waals surface area contributed by atoms with Crippen molar-refractivity contribution in [3.63, 3.8) is 0 Å². The average Bonchev–Trinajstić information content (AvgIpc) is 2.62. The fourth-order valence-corrected chi connectivity index (χ4v) is 2.99. The lowest BCUT2D eigenvalue weighted by molar-refractivity contribution is -0.0565. The van der Waals surface area contributed by atoms with Crippen LogP contribution in [0, 0.1) is 0 Å². The molecule has 0 amide bonds. The highest BCUT2D eigenvalue weighted by molar-refractivity contribution is 5.31. The number of anilines is 1. The van der Waals surface area contributed by atoms with Gasteiger partial charge in [-0.25, -0.2) is 0 Å². The van der Waals surface area contributed by atoms with Gasteiger partial charge in [-0.3, -0.25) is 4.90 Å². The van der Waals surface area contributed by atoms with Crippen molar-refractivity contribution in [2.24, 2.45) is 0 Å². The molecular formula is C18H24N4O2. The molecule has 6 nitrogen and oxygen atoms in total. The number of aromatic nitrogens is 2. The molecule has 1 aliphatic rings. The predicted molar refractivity (Wildman–Crippen MR) is 92.7 cm³/mol. The summed E-state index contributed by atoms with van der Waals surface area (Å²) in [6.45, 7) is 5.38. The number of aliphatic hydroxyl groups is 1. The summed E-state index contributed by atoms with van der Waals surface area (Å²) in [5.74, 6) is 0.745. The minimum absolute atomic E-state index is 0.0623. The highest BCUT2D eigenvalue weighted by atomic mass is 16.5. The van der Waals surface area contributed by atoms with Gasteiger partial charge in [0.1, 0.15) is 5.82 Å². The molecule has 1 fully saturated rings. The van der Waals surface area contributed by atoms with E-state index in [1.54, 1.807) is 6.20 Å². The second kappa shape index (κ2) is 7.70. The number of β-amino-alcohol motifs (C(OH)–C–C–N with tert-alkyl or cyclic N) is 1. The van der Waals surface area contributed by atoms with Crippen LogP contribution in [0.25, 0.3) is 0 Å². The first kappa shape index (κ1) is 16.8. The molecule has 2 aromatic rings. The predicted octanol–water partition coefficient (Wildman–Crippen LogP) is 1.50. The van der Waals surface area contributed by atoms with Crippen LogP contribution in [-0.4, -0.2) is 59.1 Å². The van der Waals surface area contributed by atoms with E-state index in [9.17, 15) is 5.11 Å². The zero-order valence-electron chi connectivity index (χ0n) is 13.9. The van der Waals surface area contributed by atoms with Gasteiger partial charge < -0.3 is 15.2 Å². The van der Waals surface area contributed by atoms with E-state index in [-0.39, 0.29) is 6.10 Å². The first-order valence-corrected chi connectivity index (χ1v) is 8.27. The molecule has 0 aliphatic carbocycles. The molecule has 0 spiro atoms. The number of hydrogen-bond donors (Lipinski definition) is 2. The van der Waals surface area contributed by atoms with Crippen molar-refractivity contribution < 1.29 is 9.84 Å². The molecule has 128 valence electrons. The number of ether oxygens (including phenoxy) is 1. The van der Waals surface area contributed by atoms with Gasteiger partial charge in [0, 0.05) is 32.4 Å². The van der Waals surface area contributed by atoms with Crippen molar-refractivity contribution in [2.75, 3.05) is 38.1 Å². The summed E-state index contributed by atoms with van der Waals surface area (Å²) in [5, 5.41) is 21.9. The molecule has 1 saturated heterocycles. The second-order valence-corrected chi connectivity index (χ2v) is 6.36. The van der Waals surface area contributed by atoms with Crippen molar-refractivity contribution in [3.8, 4) is 0 Å². The summed E-state index contributed by atoms with van der Waals surface area (Å²) in [6, 6.07) is 13.5. The Balaban J connectivity index is 1.53. The SMILES string of the molecule is C[C@](O)(CN1CCO[C@@H](CNc2cccnn2)C1)c1ccccc1. The highest BCUT2D eigenvalue weighted by Crippen LogP contribution is 2.22. The molecule has 2 N–H and O–H groups in total. The lowest BCUT2D eigenvalue weighted by Crippen LogP contribution is -2.49. The van der Waals surface area contributed by atoms with Crippen molar-refractivity contribution in [1.82, 2.24) is 15.1 Å². The van der Waals surface area contributed by atoms with Crippen LogP contribution in [0.1, 0.15) is 12.5 Å². The summed E-state index contributed by atoms with van der Waals surface area (Å²) in [7, 11) is 0. The number of rotatable bonds is 6. The van der Waals surface area contributed by atoms with Crippen LogP contribution in [0.15, 0.2) is 48.7 Å². The molecule has 1 aliphatic heterocycles. The number of morpholine rings is 1. The molecule has 24 heavy (non-hydrogen) atoms. The van der Waals surface area contributed by atoms with Gasteiger partial charge in [-0.05, 0) is 24.6 Å². The minimum Gasteiger partial charge on any atom is -0.384 e. The topological polar surface area (TPSA) is 70.5 Å². The Bertz CT molecular complexity index is 621. The first-order chi connectivity index (χ1) is 11.6. The zero-order chi connectivity index (χ0) is 16.8. The molecule has 1 aromatic carbocycles. The van der Waals surface area contributed by atoms with Crippen LogP contribution < -0.4 is 5.32 Å². The number of nitrogens with zero attached hydrogens (tertiary/aromatic N) is 3. The van der Waals surface area contributed by atoms with Gasteiger partial charge in [-0.15, -0.1) is 5.10 Å². The molecule has 1 aromatic heterocycles. The lowest BCUT2D eigenvalue weighted by atomic mass is 9.95. The van der Waals surface area contributed by atoms with E-state index in [1.165, 1.54) is 0 Å². The van der Waals surface area contributed by atoms with Crippen LogP contribution in [0.3, 0.4) is 0 Å².